The molecule has 1 amide bonds. The minimum Gasteiger partial charge on any atom is -0.390 e. The second-order valence-corrected chi connectivity index (χ2v) is 6.31. The van der Waals surface area contributed by atoms with Crippen LogP contribution < -0.4 is 5.32 Å². The normalized spacial score (nSPS) is 19.9. The molecule has 0 bridgehead atoms. The number of β-amino-alcohol motifs (C(OH)–C–C–N with tert-alkyl or cyclic N) is 1. The Balaban J connectivity index is 2.12. The molecule has 1 rings (SSSR count). The lowest BCUT2D eigenvalue weighted by Gasteiger charge is -2.28. The van der Waals surface area contributed by atoms with Gasteiger partial charge in [0.1, 0.15) is 0 Å². The van der Waals surface area contributed by atoms with Crippen LogP contribution >= 0.6 is 0 Å². The Morgan fingerprint density at radius 1 is 1.30 bits per heavy atom. The van der Waals surface area contributed by atoms with Gasteiger partial charge in [0, 0.05) is 32.6 Å². The molecule has 0 saturated carbocycles. The largest absolute Gasteiger partial charge is 0.390 e. The van der Waals surface area contributed by atoms with Crippen LogP contribution in [0.25, 0.3) is 0 Å². The first kappa shape index (κ1) is 17.4. The molecule has 5 heteroatoms. The van der Waals surface area contributed by atoms with Gasteiger partial charge in [0.25, 0.3) is 0 Å². The first-order chi connectivity index (χ1) is 9.47. The van der Waals surface area contributed by atoms with Gasteiger partial charge in [-0.3, -0.25) is 9.69 Å². The number of rotatable bonds is 8. The van der Waals surface area contributed by atoms with Gasteiger partial charge in [0.05, 0.1) is 19.3 Å². The van der Waals surface area contributed by atoms with Crippen molar-refractivity contribution < 1.29 is 14.6 Å². The van der Waals surface area contributed by atoms with E-state index in [2.05, 4.69) is 31.0 Å². The average Bonchev–Trinajstić information content (AvgIpc) is 2.36. The number of aliphatic hydroxyl groups excluding tert-OH is 1. The Bertz CT molecular complexity index is 278. The van der Waals surface area contributed by atoms with E-state index in [9.17, 15) is 9.90 Å². The summed E-state index contributed by atoms with van der Waals surface area (Å²) >= 11 is 0. The maximum atomic E-state index is 11.8. The van der Waals surface area contributed by atoms with Crippen LogP contribution in [0.5, 0.6) is 0 Å². The van der Waals surface area contributed by atoms with Gasteiger partial charge in [0.2, 0.25) is 5.91 Å². The van der Waals surface area contributed by atoms with Crippen molar-refractivity contribution in [2.24, 2.45) is 11.8 Å². The highest BCUT2D eigenvalue weighted by atomic mass is 16.5. The fraction of sp³-hybridized carbons (Fsp3) is 0.933. The fourth-order valence-corrected chi connectivity index (χ4v) is 2.65. The highest BCUT2D eigenvalue weighted by Crippen LogP contribution is 2.14. The van der Waals surface area contributed by atoms with E-state index in [0.717, 1.165) is 32.7 Å². The Labute approximate surface area is 122 Å². The highest BCUT2D eigenvalue weighted by Gasteiger charge is 2.16. The third kappa shape index (κ3) is 7.82. The minimum atomic E-state index is -0.502. The summed E-state index contributed by atoms with van der Waals surface area (Å²) < 4.78 is 5.26. The molecule has 118 valence electrons. The van der Waals surface area contributed by atoms with E-state index < -0.39 is 6.10 Å². The zero-order chi connectivity index (χ0) is 15.0. The van der Waals surface area contributed by atoms with E-state index in [1.807, 2.05) is 0 Å². The van der Waals surface area contributed by atoms with E-state index in [0.29, 0.717) is 31.3 Å². The molecular formula is C15H30N2O3. The molecule has 0 aromatic carbocycles. The van der Waals surface area contributed by atoms with Crippen LogP contribution in [0.1, 0.15) is 33.6 Å². The van der Waals surface area contributed by atoms with Crippen LogP contribution in [0, 0.1) is 11.8 Å². The smallest absolute Gasteiger partial charge is 0.220 e. The number of morpholine rings is 1. The van der Waals surface area contributed by atoms with Crippen LogP contribution in [0.3, 0.4) is 0 Å². The molecule has 0 radical (unpaired) electrons. The molecule has 2 N–H and O–H groups in total. The van der Waals surface area contributed by atoms with Crippen molar-refractivity contribution in [1.29, 1.82) is 0 Å². The van der Waals surface area contributed by atoms with Crippen molar-refractivity contribution in [2.45, 2.75) is 39.7 Å². The third-order valence-corrected chi connectivity index (χ3v) is 3.52. The van der Waals surface area contributed by atoms with Gasteiger partial charge in [-0.15, -0.1) is 0 Å². The number of ether oxygens (including phenoxy) is 1. The zero-order valence-electron chi connectivity index (χ0n) is 13.1. The molecule has 1 heterocycles. The van der Waals surface area contributed by atoms with Crippen LogP contribution in [0.4, 0.5) is 0 Å². The van der Waals surface area contributed by atoms with Crippen molar-refractivity contribution in [3.63, 3.8) is 0 Å². The molecule has 2 unspecified atom stereocenters. The quantitative estimate of drug-likeness (QED) is 0.695. The maximum absolute atomic E-state index is 11.8. The molecule has 1 fully saturated rings. The molecule has 0 aromatic heterocycles. The van der Waals surface area contributed by atoms with Gasteiger partial charge < -0.3 is 15.2 Å². The predicted octanol–water partition coefficient (Wildman–Crippen LogP) is 0.868. The number of carbonyl (C=O) groups excluding carboxylic acids is 1. The average molecular weight is 286 g/mol. The number of amides is 1. The SMILES string of the molecule is CC(C)CC(C)CC(=O)NCC(O)CN1CCOCC1. The summed E-state index contributed by atoms with van der Waals surface area (Å²) in [4.78, 5) is 13.9. The lowest BCUT2D eigenvalue weighted by Crippen LogP contribution is -2.44. The topological polar surface area (TPSA) is 61.8 Å². The Morgan fingerprint density at radius 3 is 2.55 bits per heavy atom. The van der Waals surface area contributed by atoms with E-state index in [-0.39, 0.29) is 5.91 Å². The Morgan fingerprint density at radius 2 is 1.95 bits per heavy atom. The lowest BCUT2D eigenvalue weighted by atomic mass is 9.96. The van der Waals surface area contributed by atoms with Gasteiger partial charge in [-0.1, -0.05) is 20.8 Å². The highest BCUT2D eigenvalue weighted by molar-refractivity contribution is 5.76. The van der Waals surface area contributed by atoms with E-state index in [1.54, 1.807) is 0 Å². The van der Waals surface area contributed by atoms with Gasteiger partial charge in [-0.25, -0.2) is 0 Å². The van der Waals surface area contributed by atoms with Crippen LogP contribution in [0.15, 0.2) is 0 Å². The summed E-state index contributed by atoms with van der Waals surface area (Å²) in [7, 11) is 0. The summed E-state index contributed by atoms with van der Waals surface area (Å²) in [5, 5.41) is 12.8. The number of nitrogens with one attached hydrogen (secondary N) is 1. The molecule has 1 saturated heterocycles. The van der Waals surface area contributed by atoms with Crippen LogP contribution in [-0.4, -0.2) is 61.4 Å². The van der Waals surface area contributed by atoms with Crippen molar-refractivity contribution in [1.82, 2.24) is 10.2 Å². The fourth-order valence-electron chi connectivity index (χ4n) is 2.65. The number of nitrogens with zero attached hydrogens (tertiary/aromatic N) is 1. The zero-order valence-corrected chi connectivity index (χ0v) is 13.1. The molecule has 0 aliphatic carbocycles. The standard InChI is InChI=1S/C15H30N2O3/c1-12(2)8-13(3)9-15(19)16-10-14(18)11-17-4-6-20-7-5-17/h12-14,18H,4-11H2,1-3H3,(H,16,19). The van der Waals surface area contributed by atoms with Gasteiger partial charge in [-0.2, -0.15) is 0 Å². The molecule has 5 nitrogen and oxygen atoms in total. The molecular weight excluding hydrogens is 256 g/mol. The van der Waals surface area contributed by atoms with Gasteiger partial charge >= 0.3 is 0 Å². The first-order valence-electron chi connectivity index (χ1n) is 7.72. The van der Waals surface area contributed by atoms with Crippen molar-refractivity contribution in [2.75, 3.05) is 39.4 Å². The maximum Gasteiger partial charge on any atom is 0.220 e. The van der Waals surface area contributed by atoms with Crippen molar-refractivity contribution in [3.8, 4) is 0 Å². The van der Waals surface area contributed by atoms with E-state index in [1.165, 1.54) is 0 Å². The second kappa shape index (κ2) is 9.32. The molecule has 2 atom stereocenters. The van der Waals surface area contributed by atoms with Crippen molar-refractivity contribution >= 4 is 5.91 Å². The van der Waals surface area contributed by atoms with E-state index >= 15 is 0 Å². The third-order valence-electron chi connectivity index (χ3n) is 3.52. The lowest BCUT2D eigenvalue weighted by molar-refractivity contribution is -0.122. The predicted molar refractivity (Wildman–Crippen MR) is 79.5 cm³/mol. The number of hydrogen-bond acceptors (Lipinski definition) is 4. The molecule has 20 heavy (non-hydrogen) atoms. The Hall–Kier alpha value is -0.650. The number of carbonyl (C=O) groups is 1. The van der Waals surface area contributed by atoms with E-state index in [4.69, 9.17) is 4.74 Å². The summed E-state index contributed by atoms with van der Waals surface area (Å²) in [5.74, 6) is 1.05. The molecule has 0 aromatic rings. The van der Waals surface area contributed by atoms with Crippen LogP contribution in [-0.2, 0) is 9.53 Å². The Kier molecular flexibility index (Phi) is 8.11. The summed E-state index contributed by atoms with van der Waals surface area (Å²) in [6, 6.07) is 0. The number of aliphatic hydroxyl groups is 1. The molecule has 1 aliphatic rings. The number of hydrogen-bond donors (Lipinski definition) is 2. The second-order valence-electron chi connectivity index (χ2n) is 6.31. The first-order valence-corrected chi connectivity index (χ1v) is 7.72. The molecule has 0 spiro atoms. The summed E-state index contributed by atoms with van der Waals surface area (Å²) in [5.41, 5.74) is 0. The summed E-state index contributed by atoms with van der Waals surface area (Å²) in [6.45, 7) is 10.5. The summed E-state index contributed by atoms with van der Waals surface area (Å²) in [6.07, 6.45) is 1.10. The van der Waals surface area contributed by atoms with Gasteiger partial charge in [0.15, 0.2) is 0 Å². The monoisotopic (exact) mass is 286 g/mol. The van der Waals surface area contributed by atoms with Crippen LogP contribution in [0.2, 0.25) is 0 Å². The van der Waals surface area contributed by atoms with Crippen molar-refractivity contribution in [3.05, 3.63) is 0 Å². The minimum absolute atomic E-state index is 0.0409. The van der Waals surface area contributed by atoms with Gasteiger partial charge in [-0.05, 0) is 18.3 Å². The molecule has 1 aliphatic heterocycles.